The fraction of sp³-hybridized carbons (Fsp3) is 0.923. The Kier molecular flexibility index (Phi) is 16.9. The summed E-state index contributed by atoms with van der Waals surface area (Å²) in [7, 11) is 1.81. The van der Waals surface area contributed by atoms with Crippen LogP contribution in [0, 0.1) is 5.92 Å². The summed E-state index contributed by atoms with van der Waals surface area (Å²) >= 11 is 0. The molecular weight excluding hydrogens is 341 g/mol. The molecule has 0 aliphatic rings. The third kappa shape index (κ3) is 11.1. The summed E-state index contributed by atoms with van der Waals surface area (Å²) in [6.45, 7) is 9.99. The molecule has 18 heavy (non-hydrogen) atoms. The van der Waals surface area contributed by atoms with Crippen molar-refractivity contribution in [1.82, 2.24) is 10.6 Å². The summed E-state index contributed by atoms with van der Waals surface area (Å²) in [6, 6.07) is 0. The Bertz CT molecular complexity index is 197. The van der Waals surface area contributed by atoms with Crippen LogP contribution < -0.4 is 10.6 Å². The highest BCUT2D eigenvalue weighted by Gasteiger charge is 2.04. The number of nitrogens with one attached hydrogen (secondary N) is 2. The van der Waals surface area contributed by atoms with Crippen LogP contribution in [0.1, 0.15) is 40.0 Å². The quantitative estimate of drug-likeness (QED) is 0.284. The summed E-state index contributed by atoms with van der Waals surface area (Å²) in [5.74, 6) is 1.63. The van der Waals surface area contributed by atoms with E-state index >= 15 is 0 Å². The van der Waals surface area contributed by atoms with Crippen LogP contribution >= 0.6 is 24.0 Å². The van der Waals surface area contributed by atoms with Crippen LogP contribution in [0.25, 0.3) is 0 Å². The van der Waals surface area contributed by atoms with E-state index in [1.165, 1.54) is 12.8 Å². The number of hydrogen-bond acceptors (Lipinski definition) is 2. The van der Waals surface area contributed by atoms with Gasteiger partial charge in [-0.05, 0) is 19.3 Å². The Morgan fingerprint density at radius 1 is 1.17 bits per heavy atom. The number of hydrogen-bond donors (Lipinski definition) is 2. The van der Waals surface area contributed by atoms with Crippen molar-refractivity contribution in [2.24, 2.45) is 10.9 Å². The molecule has 110 valence electrons. The highest BCUT2D eigenvalue weighted by molar-refractivity contribution is 14.0. The van der Waals surface area contributed by atoms with Gasteiger partial charge in [-0.3, -0.25) is 4.99 Å². The van der Waals surface area contributed by atoms with Crippen LogP contribution in [0.15, 0.2) is 4.99 Å². The molecule has 4 nitrogen and oxygen atoms in total. The predicted molar refractivity (Wildman–Crippen MR) is 90.0 cm³/mol. The lowest BCUT2D eigenvalue weighted by molar-refractivity contribution is 0.145. The van der Waals surface area contributed by atoms with Crippen molar-refractivity contribution in [2.45, 2.75) is 40.0 Å². The second-order valence-corrected chi connectivity index (χ2v) is 4.11. The smallest absolute Gasteiger partial charge is 0.190 e. The number of guanidine groups is 1. The topological polar surface area (TPSA) is 45.6 Å². The van der Waals surface area contributed by atoms with Crippen molar-refractivity contribution in [3.63, 3.8) is 0 Å². The predicted octanol–water partition coefficient (Wildman–Crippen LogP) is 2.63. The lowest BCUT2D eigenvalue weighted by atomic mass is 10.0. The average Bonchev–Trinajstić information content (AvgIpc) is 2.37. The molecule has 0 heterocycles. The SMILES string of the molecule is CCOCCCNC(=NC)NCC(CC)CC.I. The van der Waals surface area contributed by atoms with E-state index in [0.29, 0.717) is 0 Å². The van der Waals surface area contributed by atoms with Gasteiger partial charge in [0.1, 0.15) is 0 Å². The van der Waals surface area contributed by atoms with Crippen LogP contribution in [0.5, 0.6) is 0 Å². The highest BCUT2D eigenvalue weighted by atomic mass is 127. The lowest BCUT2D eigenvalue weighted by Crippen LogP contribution is -2.40. The van der Waals surface area contributed by atoms with Crippen molar-refractivity contribution in [3.05, 3.63) is 0 Å². The molecule has 0 fully saturated rings. The second kappa shape index (κ2) is 15.0. The van der Waals surface area contributed by atoms with Gasteiger partial charge in [-0.2, -0.15) is 0 Å². The Labute approximate surface area is 129 Å². The molecule has 2 N–H and O–H groups in total. The van der Waals surface area contributed by atoms with Gasteiger partial charge in [-0.1, -0.05) is 26.7 Å². The lowest BCUT2D eigenvalue weighted by Gasteiger charge is -2.16. The molecule has 0 aromatic carbocycles. The Balaban J connectivity index is 0. The molecule has 0 atom stereocenters. The van der Waals surface area contributed by atoms with Crippen LogP contribution in [0.4, 0.5) is 0 Å². The molecular formula is C13H30IN3O. The van der Waals surface area contributed by atoms with Crippen molar-refractivity contribution < 1.29 is 4.74 Å². The second-order valence-electron chi connectivity index (χ2n) is 4.11. The monoisotopic (exact) mass is 371 g/mol. The first-order valence-corrected chi connectivity index (χ1v) is 6.80. The first-order valence-electron chi connectivity index (χ1n) is 6.80. The van der Waals surface area contributed by atoms with Crippen LogP contribution in [-0.2, 0) is 4.74 Å². The van der Waals surface area contributed by atoms with E-state index in [2.05, 4.69) is 29.5 Å². The van der Waals surface area contributed by atoms with Gasteiger partial charge in [0.15, 0.2) is 5.96 Å². The van der Waals surface area contributed by atoms with Crippen molar-refractivity contribution >= 4 is 29.9 Å². The van der Waals surface area contributed by atoms with E-state index in [1.807, 2.05) is 14.0 Å². The number of ether oxygens (including phenoxy) is 1. The molecule has 0 saturated heterocycles. The van der Waals surface area contributed by atoms with Crippen LogP contribution in [0.3, 0.4) is 0 Å². The molecule has 0 aliphatic carbocycles. The Hall–Kier alpha value is -0.0400. The molecule has 0 unspecified atom stereocenters. The largest absolute Gasteiger partial charge is 0.382 e. The van der Waals surface area contributed by atoms with Crippen molar-refractivity contribution in [3.8, 4) is 0 Å². The van der Waals surface area contributed by atoms with Crippen LogP contribution in [0.2, 0.25) is 0 Å². The van der Waals surface area contributed by atoms with Gasteiger partial charge in [0.25, 0.3) is 0 Å². The number of nitrogens with zero attached hydrogens (tertiary/aromatic N) is 1. The third-order valence-electron chi connectivity index (χ3n) is 2.90. The molecule has 5 heteroatoms. The fourth-order valence-corrected chi connectivity index (χ4v) is 1.56. The average molecular weight is 371 g/mol. The molecule has 0 saturated carbocycles. The van der Waals surface area contributed by atoms with E-state index in [9.17, 15) is 0 Å². The molecule has 0 rings (SSSR count). The van der Waals surface area contributed by atoms with Gasteiger partial charge >= 0.3 is 0 Å². The van der Waals surface area contributed by atoms with Crippen LogP contribution in [-0.4, -0.2) is 39.3 Å². The van der Waals surface area contributed by atoms with Gasteiger partial charge in [-0.15, -0.1) is 24.0 Å². The van der Waals surface area contributed by atoms with Gasteiger partial charge in [-0.25, -0.2) is 0 Å². The minimum Gasteiger partial charge on any atom is -0.382 e. The summed E-state index contributed by atoms with van der Waals surface area (Å²) in [4.78, 5) is 4.20. The molecule has 0 amide bonds. The van der Waals surface area contributed by atoms with E-state index in [1.54, 1.807) is 0 Å². The maximum atomic E-state index is 5.28. The van der Waals surface area contributed by atoms with E-state index in [0.717, 1.165) is 44.6 Å². The Morgan fingerprint density at radius 2 is 1.83 bits per heavy atom. The summed E-state index contributed by atoms with van der Waals surface area (Å²) < 4.78 is 5.28. The minimum atomic E-state index is 0. The van der Waals surface area contributed by atoms with Gasteiger partial charge in [0, 0.05) is 33.4 Å². The normalized spacial score (nSPS) is 11.3. The first kappa shape index (κ1) is 20.3. The van der Waals surface area contributed by atoms with E-state index < -0.39 is 0 Å². The van der Waals surface area contributed by atoms with Gasteiger partial charge < -0.3 is 15.4 Å². The molecule has 0 aliphatic heterocycles. The number of aliphatic imine (C=N–C) groups is 1. The molecule has 0 bridgehead atoms. The van der Waals surface area contributed by atoms with E-state index in [-0.39, 0.29) is 24.0 Å². The summed E-state index contributed by atoms with van der Waals surface area (Å²) in [5, 5.41) is 6.65. The number of rotatable bonds is 9. The summed E-state index contributed by atoms with van der Waals surface area (Å²) in [6.07, 6.45) is 3.44. The van der Waals surface area contributed by atoms with Gasteiger partial charge in [0.05, 0.1) is 0 Å². The van der Waals surface area contributed by atoms with Gasteiger partial charge in [0.2, 0.25) is 0 Å². The maximum absolute atomic E-state index is 5.28. The third-order valence-corrected chi connectivity index (χ3v) is 2.90. The van der Waals surface area contributed by atoms with Crippen molar-refractivity contribution in [1.29, 1.82) is 0 Å². The molecule has 0 aromatic heterocycles. The van der Waals surface area contributed by atoms with Crippen molar-refractivity contribution in [2.75, 3.05) is 33.4 Å². The Morgan fingerprint density at radius 3 is 2.33 bits per heavy atom. The standard InChI is InChI=1S/C13H29N3O.HI/c1-5-12(6-2)11-16-13(14-4)15-9-8-10-17-7-3;/h12H,5-11H2,1-4H3,(H2,14,15,16);1H. The first-order chi connectivity index (χ1) is 8.28. The highest BCUT2D eigenvalue weighted by Crippen LogP contribution is 2.04. The zero-order chi connectivity index (χ0) is 12.9. The number of halogens is 1. The van der Waals surface area contributed by atoms with E-state index in [4.69, 9.17) is 4.74 Å². The molecule has 0 aromatic rings. The summed E-state index contributed by atoms with van der Waals surface area (Å²) in [5.41, 5.74) is 0. The maximum Gasteiger partial charge on any atom is 0.190 e. The minimum absolute atomic E-state index is 0. The molecule has 0 spiro atoms. The fourth-order valence-electron chi connectivity index (χ4n) is 1.56. The zero-order valence-corrected chi connectivity index (χ0v) is 14.6. The molecule has 0 radical (unpaired) electrons. The zero-order valence-electron chi connectivity index (χ0n) is 12.3.